The highest BCUT2D eigenvalue weighted by atomic mass is 16.5. The lowest BCUT2D eigenvalue weighted by molar-refractivity contribution is 0.0600. The van der Waals surface area contributed by atoms with E-state index in [0.717, 1.165) is 24.0 Å². The summed E-state index contributed by atoms with van der Waals surface area (Å²) in [7, 11) is 3.08. The maximum absolute atomic E-state index is 12.3. The zero-order valence-electron chi connectivity index (χ0n) is 15.9. The SMILES string of the molecule is COC(=O)c1ccc(CN(C)C(=O)NC(C)CCc2ccc(O)cc2)cc1. The first-order chi connectivity index (χ1) is 12.9. The number of carbonyl (C=O) groups excluding carboxylic acids is 2. The number of aryl methyl sites for hydroxylation is 1. The standard InChI is InChI=1S/C21H26N2O4/c1-15(4-5-16-8-12-19(24)13-9-16)22-21(26)23(2)14-17-6-10-18(11-7-17)20(25)27-3/h6-13,15,24H,4-5,14H2,1-3H3,(H,22,26). The van der Waals surface area contributed by atoms with Gasteiger partial charge in [0.15, 0.2) is 0 Å². The van der Waals surface area contributed by atoms with Gasteiger partial charge in [0.2, 0.25) is 0 Å². The molecule has 1 atom stereocenters. The molecule has 0 spiro atoms. The fourth-order valence-corrected chi connectivity index (χ4v) is 2.65. The molecule has 0 aliphatic heterocycles. The number of nitrogens with one attached hydrogen (secondary N) is 1. The van der Waals surface area contributed by atoms with E-state index in [1.54, 1.807) is 36.2 Å². The zero-order valence-corrected chi connectivity index (χ0v) is 15.9. The molecule has 0 aromatic heterocycles. The molecule has 0 aliphatic rings. The molecule has 6 heteroatoms. The Hall–Kier alpha value is -3.02. The first-order valence-corrected chi connectivity index (χ1v) is 8.86. The summed E-state index contributed by atoms with van der Waals surface area (Å²) in [6.07, 6.45) is 1.62. The van der Waals surface area contributed by atoms with Crippen LogP contribution in [0.2, 0.25) is 0 Å². The maximum atomic E-state index is 12.3. The molecule has 2 rings (SSSR count). The van der Waals surface area contributed by atoms with Crippen molar-refractivity contribution >= 4 is 12.0 Å². The Morgan fingerprint density at radius 3 is 2.26 bits per heavy atom. The predicted molar refractivity (Wildman–Crippen MR) is 104 cm³/mol. The van der Waals surface area contributed by atoms with E-state index < -0.39 is 0 Å². The molecule has 6 nitrogen and oxygen atoms in total. The molecule has 2 aromatic rings. The molecule has 27 heavy (non-hydrogen) atoms. The summed E-state index contributed by atoms with van der Waals surface area (Å²) in [6, 6.07) is 14.0. The molecule has 2 N–H and O–H groups in total. The van der Waals surface area contributed by atoms with Crippen LogP contribution in [0.3, 0.4) is 0 Å². The fourth-order valence-electron chi connectivity index (χ4n) is 2.65. The van der Waals surface area contributed by atoms with Crippen LogP contribution in [0, 0.1) is 0 Å². The lowest BCUT2D eigenvalue weighted by atomic mass is 10.1. The van der Waals surface area contributed by atoms with Crippen LogP contribution in [-0.4, -0.2) is 42.2 Å². The summed E-state index contributed by atoms with van der Waals surface area (Å²) in [5, 5.41) is 12.3. The molecule has 0 aliphatic carbocycles. The molecule has 2 aromatic carbocycles. The molecule has 0 heterocycles. The molecule has 0 saturated carbocycles. The van der Waals surface area contributed by atoms with Crippen molar-refractivity contribution in [3.63, 3.8) is 0 Å². The molecule has 2 amide bonds. The topological polar surface area (TPSA) is 78.9 Å². The average Bonchev–Trinajstić information content (AvgIpc) is 2.67. The number of urea groups is 1. The Bertz CT molecular complexity index is 757. The van der Waals surface area contributed by atoms with E-state index in [1.807, 2.05) is 31.2 Å². The third-order valence-corrected chi connectivity index (χ3v) is 4.31. The van der Waals surface area contributed by atoms with E-state index >= 15 is 0 Å². The molecular weight excluding hydrogens is 344 g/mol. The van der Waals surface area contributed by atoms with Gasteiger partial charge in [0.25, 0.3) is 0 Å². The van der Waals surface area contributed by atoms with Crippen molar-refractivity contribution < 1.29 is 19.4 Å². The van der Waals surface area contributed by atoms with E-state index in [9.17, 15) is 14.7 Å². The van der Waals surface area contributed by atoms with Crippen molar-refractivity contribution in [2.45, 2.75) is 32.4 Å². The van der Waals surface area contributed by atoms with Gasteiger partial charge in [-0.15, -0.1) is 0 Å². The highest BCUT2D eigenvalue weighted by Crippen LogP contribution is 2.12. The number of hydrogen-bond donors (Lipinski definition) is 2. The van der Waals surface area contributed by atoms with E-state index in [-0.39, 0.29) is 23.8 Å². The number of hydrogen-bond acceptors (Lipinski definition) is 4. The minimum atomic E-state index is -0.380. The molecule has 0 fully saturated rings. The monoisotopic (exact) mass is 370 g/mol. The van der Waals surface area contributed by atoms with Crippen LogP contribution in [0.5, 0.6) is 5.75 Å². The normalized spacial score (nSPS) is 11.5. The van der Waals surface area contributed by atoms with Crippen LogP contribution in [0.25, 0.3) is 0 Å². The molecule has 0 radical (unpaired) electrons. The summed E-state index contributed by atoms with van der Waals surface area (Å²) in [5.41, 5.74) is 2.53. The quantitative estimate of drug-likeness (QED) is 0.733. The minimum Gasteiger partial charge on any atom is -0.508 e. The number of phenolic OH excluding ortho intramolecular Hbond substituents is 1. The van der Waals surface area contributed by atoms with Crippen molar-refractivity contribution in [3.05, 3.63) is 65.2 Å². The summed E-state index contributed by atoms with van der Waals surface area (Å²) in [4.78, 5) is 25.4. The van der Waals surface area contributed by atoms with Crippen LogP contribution < -0.4 is 5.32 Å². The lowest BCUT2D eigenvalue weighted by Gasteiger charge is -2.21. The number of esters is 1. The van der Waals surface area contributed by atoms with Gasteiger partial charge in [0, 0.05) is 19.6 Å². The third kappa shape index (κ3) is 6.33. The van der Waals surface area contributed by atoms with Gasteiger partial charge < -0.3 is 20.1 Å². The number of rotatable bonds is 7. The Morgan fingerprint density at radius 1 is 1.07 bits per heavy atom. The maximum Gasteiger partial charge on any atom is 0.337 e. The Balaban J connectivity index is 1.80. The Morgan fingerprint density at radius 2 is 1.67 bits per heavy atom. The summed E-state index contributed by atoms with van der Waals surface area (Å²) >= 11 is 0. The number of ether oxygens (including phenoxy) is 1. The van der Waals surface area contributed by atoms with Crippen LogP contribution in [0.1, 0.15) is 34.8 Å². The van der Waals surface area contributed by atoms with Crippen LogP contribution >= 0.6 is 0 Å². The second-order valence-electron chi connectivity index (χ2n) is 6.60. The van der Waals surface area contributed by atoms with Crippen molar-refractivity contribution in [3.8, 4) is 5.75 Å². The predicted octanol–water partition coefficient (Wildman–Crippen LogP) is 3.34. The van der Waals surface area contributed by atoms with Gasteiger partial charge in [-0.3, -0.25) is 0 Å². The molecular formula is C21H26N2O4. The van der Waals surface area contributed by atoms with Crippen molar-refractivity contribution in [2.24, 2.45) is 0 Å². The van der Waals surface area contributed by atoms with Gasteiger partial charge in [-0.2, -0.15) is 0 Å². The molecule has 1 unspecified atom stereocenters. The second kappa shape index (κ2) is 9.62. The van der Waals surface area contributed by atoms with Gasteiger partial charge in [0.05, 0.1) is 12.7 Å². The molecule has 0 bridgehead atoms. The molecule has 144 valence electrons. The number of phenols is 1. The van der Waals surface area contributed by atoms with E-state index in [4.69, 9.17) is 0 Å². The summed E-state index contributed by atoms with van der Waals surface area (Å²) in [6.45, 7) is 2.41. The largest absolute Gasteiger partial charge is 0.508 e. The van der Waals surface area contributed by atoms with Gasteiger partial charge in [-0.25, -0.2) is 9.59 Å². The first kappa shape index (κ1) is 20.3. The summed E-state index contributed by atoms with van der Waals surface area (Å²) in [5.74, 6) is -0.128. The highest BCUT2D eigenvalue weighted by Gasteiger charge is 2.13. The van der Waals surface area contributed by atoms with Crippen LogP contribution in [-0.2, 0) is 17.7 Å². The first-order valence-electron chi connectivity index (χ1n) is 8.86. The van der Waals surface area contributed by atoms with Crippen molar-refractivity contribution in [1.29, 1.82) is 0 Å². The van der Waals surface area contributed by atoms with E-state index in [2.05, 4.69) is 10.1 Å². The zero-order chi connectivity index (χ0) is 19.8. The lowest BCUT2D eigenvalue weighted by Crippen LogP contribution is -2.41. The Kier molecular flexibility index (Phi) is 7.23. The smallest absolute Gasteiger partial charge is 0.337 e. The number of carbonyl (C=O) groups is 2. The van der Waals surface area contributed by atoms with Crippen molar-refractivity contribution in [1.82, 2.24) is 10.2 Å². The number of aromatic hydroxyl groups is 1. The minimum absolute atomic E-state index is 0.0236. The average molecular weight is 370 g/mol. The van der Waals surface area contributed by atoms with Crippen LogP contribution in [0.15, 0.2) is 48.5 Å². The van der Waals surface area contributed by atoms with Crippen molar-refractivity contribution in [2.75, 3.05) is 14.2 Å². The third-order valence-electron chi connectivity index (χ3n) is 4.31. The fraction of sp³-hybridized carbons (Fsp3) is 0.333. The van der Waals surface area contributed by atoms with Crippen LogP contribution in [0.4, 0.5) is 4.79 Å². The van der Waals surface area contributed by atoms with Gasteiger partial charge in [-0.1, -0.05) is 24.3 Å². The number of nitrogens with zero attached hydrogens (tertiary/aromatic N) is 1. The Labute approximate surface area is 159 Å². The van der Waals surface area contributed by atoms with E-state index in [1.165, 1.54) is 7.11 Å². The molecule has 0 saturated heterocycles. The second-order valence-corrected chi connectivity index (χ2v) is 6.60. The number of amides is 2. The highest BCUT2D eigenvalue weighted by molar-refractivity contribution is 5.89. The van der Waals surface area contributed by atoms with Gasteiger partial charge >= 0.3 is 12.0 Å². The van der Waals surface area contributed by atoms with E-state index in [0.29, 0.717) is 12.1 Å². The summed E-state index contributed by atoms with van der Waals surface area (Å²) < 4.78 is 4.67. The van der Waals surface area contributed by atoms with Gasteiger partial charge in [-0.05, 0) is 55.2 Å². The number of methoxy groups -OCH3 is 1. The van der Waals surface area contributed by atoms with Gasteiger partial charge in [0.1, 0.15) is 5.75 Å². The number of benzene rings is 2.